The molecule has 0 bridgehead atoms. The molecule has 0 amide bonds. The van der Waals surface area contributed by atoms with E-state index in [0.717, 1.165) is 12.1 Å². The van der Waals surface area contributed by atoms with Crippen LogP contribution in [0.1, 0.15) is 16.7 Å². The second-order valence-electron chi connectivity index (χ2n) is 3.26. The maximum Gasteiger partial charge on any atom is 0.416 e. The van der Waals surface area contributed by atoms with Gasteiger partial charge in [-0.05, 0) is 24.6 Å². The number of benzene rings is 1. The summed E-state index contributed by atoms with van der Waals surface area (Å²) in [7, 11) is 0. The van der Waals surface area contributed by atoms with Crippen LogP contribution in [0.5, 0.6) is 0 Å². The number of rotatable bonds is 2. The molecular weight excluding hydrogens is 221 g/mol. The van der Waals surface area contributed by atoms with Gasteiger partial charge in [-0.25, -0.2) is 4.79 Å². The zero-order chi connectivity index (χ0) is 12.3. The third-order valence-corrected chi connectivity index (χ3v) is 1.92. The molecule has 1 aromatic carbocycles. The van der Waals surface area contributed by atoms with Gasteiger partial charge in [0.1, 0.15) is 0 Å². The van der Waals surface area contributed by atoms with Crippen molar-refractivity contribution in [3.63, 3.8) is 0 Å². The molecule has 0 saturated carbocycles. The molecule has 0 aromatic heterocycles. The first-order valence-electron chi connectivity index (χ1n) is 4.39. The van der Waals surface area contributed by atoms with Gasteiger partial charge in [0.05, 0.1) is 5.56 Å². The fraction of sp³-hybridized carbons (Fsp3) is 0.182. The monoisotopic (exact) mass is 230 g/mol. The molecule has 1 aromatic rings. The molecule has 0 fully saturated rings. The Labute approximate surface area is 90.0 Å². The lowest BCUT2D eigenvalue weighted by atomic mass is 10.0. The Kier molecular flexibility index (Phi) is 3.37. The average Bonchev–Trinajstić information content (AvgIpc) is 2.12. The molecule has 0 aliphatic carbocycles. The van der Waals surface area contributed by atoms with E-state index in [2.05, 4.69) is 0 Å². The summed E-state index contributed by atoms with van der Waals surface area (Å²) in [4.78, 5) is 10.3. The SMILES string of the molecule is Cc1ccc(C(F)(F)F)c(C=CC(=O)O)c1. The van der Waals surface area contributed by atoms with Gasteiger partial charge in [-0.3, -0.25) is 0 Å². The zero-order valence-electron chi connectivity index (χ0n) is 8.38. The van der Waals surface area contributed by atoms with E-state index in [1.54, 1.807) is 6.92 Å². The van der Waals surface area contributed by atoms with Crippen LogP contribution < -0.4 is 0 Å². The number of aryl methyl sites for hydroxylation is 1. The molecule has 1 rings (SSSR count). The first-order chi connectivity index (χ1) is 7.30. The number of aliphatic carboxylic acids is 1. The molecule has 16 heavy (non-hydrogen) atoms. The summed E-state index contributed by atoms with van der Waals surface area (Å²) in [6, 6.07) is 3.57. The van der Waals surface area contributed by atoms with Crippen LogP contribution >= 0.6 is 0 Å². The molecule has 0 unspecified atom stereocenters. The minimum absolute atomic E-state index is 0.144. The molecule has 5 heteroatoms. The Morgan fingerprint density at radius 1 is 1.38 bits per heavy atom. The predicted octanol–water partition coefficient (Wildman–Crippen LogP) is 3.11. The molecule has 0 aliphatic rings. The summed E-state index contributed by atoms with van der Waals surface area (Å²) in [5, 5.41) is 8.37. The normalized spacial score (nSPS) is 12.0. The van der Waals surface area contributed by atoms with Crippen molar-refractivity contribution in [2.75, 3.05) is 0 Å². The quantitative estimate of drug-likeness (QED) is 0.792. The number of hydrogen-bond acceptors (Lipinski definition) is 1. The standard InChI is InChI=1S/C11H9F3O2/c1-7-2-4-9(11(12,13)14)8(6-7)3-5-10(15)16/h2-6H,1H3,(H,15,16). The van der Waals surface area contributed by atoms with Crippen molar-refractivity contribution in [3.8, 4) is 0 Å². The van der Waals surface area contributed by atoms with Crippen molar-refractivity contribution in [1.82, 2.24) is 0 Å². The number of halogens is 3. The average molecular weight is 230 g/mol. The van der Waals surface area contributed by atoms with E-state index in [0.29, 0.717) is 11.6 Å². The van der Waals surface area contributed by atoms with Gasteiger partial charge >= 0.3 is 12.1 Å². The highest BCUT2D eigenvalue weighted by Gasteiger charge is 2.32. The highest BCUT2D eigenvalue weighted by Crippen LogP contribution is 2.32. The minimum Gasteiger partial charge on any atom is -0.478 e. The first-order valence-corrected chi connectivity index (χ1v) is 4.39. The third-order valence-electron chi connectivity index (χ3n) is 1.92. The lowest BCUT2D eigenvalue weighted by molar-refractivity contribution is -0.138. The molecule has 0 spiro atoms. The zero-order valence-corrected chi connectivity index (χ0v) is 8.38. The van der Waals surface area contributed by atoms with Crippen molar-refractivity contribution in [2.45, 2.75) is 13.1 Å². The molecule has 0 heterocycles. The number of carboxylic acids is 1. The summed E-state index contributed by atoms with van der Waals surface area (Å²) in [6.07, 6.45) is -2.85. The Bertz CT molecular complexity index is 433. The number of carbonyl (C=O) groups is 1. The van der Waals surface area contributed by atoms with E-state index in [1.165, 1.54) is 12.1 Å². The molecule has 0 radical (unpaired) electrons. The fourth-order valence-corrected chi connectivity index (χ4v) is 1.24. The van der Waals surface area contributed by atoms with Gasteiger partial charge in [0, 0.05) is 6.08 Å². The van der Waals surface area contributed by atoms with Crippen LogP contribution in [0.15, 0.2) is 24.3 Å². The van der Waals surface area contributed by atoms with E-state index in [1.807, 2.05) is 0 Å². The second-order valence-corrected chi connectivity index (χ2v) is 3.26. The maximum atomic E-state index is 12.5. The van der Waals surface area contributed by atoms with Gasteiger partial charge in [-0.1, -0.05) is 17.7 Å². The van der Waals surface area contributed by atoms with Crippen molar-refractivity contribution in [2.24, 2.45) is 0 Å². The number of carboxylic acid groups (broad SMARTS) is 1. The van der Waals surface area contributed by atoms with Gasteiger partial charge in [-0.15, -0.1) is 0 Å². The van der Waals surface area contributed by atoms with Crippen LogP contribution in [0.4, 0.5) is 13.2 Å². The summed E-state index contributed by atoms with van der Waals surface area (Å²) in [6.45, 7) is 1.64. The van der Waals surface area contributed by atoms with Crippen LogP contribution in [0.25, 0.3) is 6.08 Å². The van der Waals surface area contributed by atoms with E-state index in [9.17, 15) is 18.0 Å². The van der Waals surface area contributed by atoms with Crippen LogP contribution in [0.3, 0.4) is 0 Å². The summed E-state index contributed by atoms with van der Waals surface area (Å²) < 4.78 is 37.6. The van der Waals surface area contributed by atoms with Crippen molar-refractivity contribution in [3.05, 3.63) is 41.0 Å². The Balaban J connectivity index is 3.24. The van der Waals surface area contributed by atoms with Gasteiger partial charge in [0.2, 0.25) is 0 Å². The summed E-state index contributed by atoms with van der Waals surface area (Å²) in [5.74, 6) is -1.28. The van der Waals surface area contributed by atoms with Crippen molar-refractivity contribution >= 4 is 12.0 Å². The van der Waals surface area contributed by atoms with Crippen LogP contribution in [0, 0.1) is 6.92 Å². The summed E-state index contributed by atoms with van der Waals surface area (Å²) in [5.41, 5.74) is -0.344. The van der Waals surface area contributed by atoms with Gasteiger partial charge < -0.3 is 5.11 Å². The van der Waals surface area contributed by atoms with E-state index >= 15 is 0 Å². The molecule has 86 valence electrons. The Morgan fingerprint density at radius 2 is 2.00 bits per heavy atom. The van der Waals surface area contributed by atoms with E-state index in [-0.39, 0.29) is 5.56 Å². The smallest absolute Gasteiger partial charge is 0.416 e. The molecule has 0 aliphatic heterocycles. The molecule has 1 N–H and O–H groups in total. The fourth-order valence-electron chi connectivity index (χ4n) is 1.24. The number of hydrogen-bond donors (Lipinski definition) is 1. The molecular formula is C11H9F3O2. The minimum atomic E-state index is -4.48. The van der Waals surface area contributed by atoms with Gasteiger partial charge in [0.25, 0.3) is 0 Å². The van der Waals surface area contributed by atoms with E-state index < -0.39 is 17.7 Å². The van der Waals surface area contributed by atoms with Gasteiger partial charge in [0.15, 0.2) is 0 Å². The highest BCUT2D eigenvalue weighted by atomic mass is 19.4. The van der Waals surface area contributed by atoms with Crippen molar-refractivity contribution in [1.29, 1.82) is 0 Å². The predicted molar refractivity (Wildman–Crippen MR) is 52.9 cm³/mol. The largest absolute Gasteiger partial charge is 0.478 e. The maximum absolute atomic E-state index is 12.5. The second kappa shape index (κ2) is 4.38. The third kappa shape index (κ3) is 3.12. The number of alkyl halides is 3. The van der Waals surface area contributed by atoms with Crippen molar-refractivity contribution < 1.29 is 23.1 Å². The molecule has 0 atom stereocenters. The Hall–Kier alpha value is -1.78. The lowest BCUT2D eigenvalue weighted by Gasteiger charge is -2.10. The van der Waals surface area contributed by atoms with Crippen LogP contribution in [-0.2, 0) is 11.0 Å². The topological polar surface area (TPSA) is 37.3 Å². The van der Waals surface area contributed by atoms with Gasteiger partial charge in [-0.2, -0.15) is 13.2 Å². The highest BCUT2D eigenvalue weighted by molar-refractivity contribution is 5.85. The van der Waals surface area contributed by atoms with Crippen LogP contribution in [0.2, 0.25) is 0 Å². The lowest BCUT2D eigenvalue weighted by Crippen LogP contribution is -2.07. The Morgan fingerprint density at radius 3 is 2.50 bits per heavy atom. The summed E-state index contributed by atoms with van der Waals surface area (Å²) >= 11 is 0. The molecule has 2 nitrogen and oxygen atoms in total. The first kappa shape index (κ1) is 12.3. The molecule has 0 saturated heterocycles. The van der Waals surface area contributed by atoms with E-state index in [4.69, 9.17) is 5.11 Å². The van der Waals surface area contributed by atoms with Crippen LogP contribution in [-0.4, -0.2) is 11.1 Å².